The molecule has 0 bridgehead atoms. The fourth-order valence-corrected chi connectivity index (χ4v) is 2.72. The maximum Gasteiger partial charge on any atom is 0.273 e. The molecule has 1 unspecified atom stereocenters. The van der Waals surface area contributed by atoms with Gasteiger partial charge >= 0.3 is 0 Å². The molecule has 0 aliphatic carbocycles. The molecule has 1 atom stereocenters. The maximum atomic E-state index is 12.6. The van der Waals surface area contributed by atoms with E-state index in [0.29, 0.717) is 18.9 Å². The summed E-state index contributed by atoms with van der Waals surface area (Å²) in [5.74, 6) is -0.158. The Labute approximate surface area is 130 Å². The van der Waals surface area contributed by atoms with Crippen molar-refractivity contribution in [2.24, 2.45) is 0 Å². The van der Waals surface area contributed by atoms with E-state index in [4.69, 9.17) is 0 Å². The molecule has 1 saturated heterocycles. The summed E-state index contributed by atoms with van der Waals surface area (Å²) in [4.78, 5) is 24.4. The van der Waals surface area contributed by atoms with E-state index in [9.17, 15) is 20.0 Å². The van der Waals surface area contributed by atoms with Gasteiger partial charge in [0.05, 0.1) is 16.6 Å². The number of aromatic amines is 1. The zero-order chi connectivity index (χ0) is 16.4. The van der Waals surface area contributed by atoms with E-state index in [0.717, 1.165) is 18.9 Å². The van der Waals surface area contributed by atoms with Gasteiger partial charge in [-0.1, -0.05) is 5.21 Å². The molecule has 1 amide bonds. The fraction of sp³-hybridized carbons (Fsp3) is 0.385. The van der Waals surface area contributed by atoms with Crippen LogP contribution in [0.25, 0.3) is 0 Å². The largest absolute Gasteiger partial charge is 0.508 e. The number of nitrogens with one attached hydrogen (secondary N) is 1. The first-order valence-corrected chi connectivity index (χ1v) is 7.05. The first-order valence-electron chi connectivity index (χ1n) is 7.05. The normalized spacial score (nSPS) is 17.9. The van der Waals surface area contributed by atoms with Crippen LogP contribution in [0.4, 0.5) is 5.69 Å². The van der Waals surface area contributed by atoms with Gasteiger partial charge in [0, 0.05) is 25.1 Å². The topological polar surface area (TPSA) is 138 Å². The summed E-state index contributed by atoms with van der Waals surface area (Å²) in [6.45, 7) is 0.943. The molecule has 2 heterocycles. The van der Waals surface area contributed by atoms with Crippen LogP contribution >= 0.6 is 0 Å². The zero-order valence-electron chi connectivity index (χ0n) is 12.0. The number of carbonyl (C=O) groups excluding carboxylic acids is 1. The van der Waals surface area contributed by atoms with Gasteiger partial charge in [0.25, 0.3) is 11.6 Å². The number of tetrazole rings is 1. The molecule has 1 aliphatic heterocycles. The molecule has 0 saturated carbocycles. The predicted octanol–water partition coefficient (Wildman–Crippen LogP) is 0.833. The van der Waals surface area contributed by atoms with E-state index in [-0.39, 0.29) is 28.8 Å². The third-order valence-corrected chi connectivity index (χ3v) is 3.80. The molecule has 0 spiro atoms. The summed E-state index contributed by atoms with van der Waals surface area (Å²) in [6, 6.07) is 3.41. The molecule has 10 nitrogen and oxygen atoms in total. The average Bonchev–Trinajstić information content (AvgIpc) is 3.08. The van der Waals surface area contributed by atoms with Gasteiger partial charge in [0.15, 0.2) is 5.82 Å². The standard InChI is InChI=1S/C13H14N6O4/c20-11-5-9(4-10(6-11)19(22)23)13(21)18-3-1-2-8(7-18)12-14-16-17-15-12/h4-6,8,20H,1-3,7H2,(H,14,15,16,17). The number of aromatic hydroxyl groups is 1. The summed E-state index contributed by atoms with van der Waals surface area (Å²) in [6.07, 6.45) is 1.61. The van der Waals surface area contributed by atoms with Crippen molar-refractivity contribution in [2.45, 2.75) is 18.8 Å². The monoisotopic (exact) mass is 318 g/mol. The number of nitrogens with zero attached hydrogens (tertiary/aromatic N) is 5. The number of amides is 1. The van der Waals surface area contributed by atoms with Crippen molar-refractivity contribution in [2.75, 3.05) is 13.1 Å². The van der Waals surface area contributed by atoms with E-state index in [1.807, 2.05) is 0 Å². The van der Waals surface area contributed by atoms with Crippen LogP contribution in [0, 0.1) is 10.1 Å². The highest BCUT2D eigenvalue weighted by atomic mass is 16.6. The summed E-state index contributed by atoms with van der Waals surface area (Å²) in [5, 5.41) is 34.2. The minimum atomic E-state index is -0.644. The lowest BCUT2D eigenvalue weighted by atomic mass is 9.96. The Morgan fingerprint density at radius 3 is 2.96 bits per heavy atom. The number of nitro groups is 1. The molecule has 2 aromatic rings. The van der Waals surface area contributed by atoms with Crippen LogP contribution in [0.15, 0.2) is 18.2 Å². The van der Waals surface area contributed by atoms with Gasteiger partial charge in [-0.05, 0) is 18.9 Å². The van der Waals surface area contributed by atoms with Crippen molar-refractivity contribution in [3.05, 3.63) is 39.7 Å². The second kappa shape index (κ2) is 5.99. The van der Waals surface area contributed by atoms with Crippen LogP contribution in [-0.4, -0.2) is 54.6 Å². The summed E-state index contributed by atoms with van der Waals surface area (Å²) >= 11 is 0. The Kier molecular flexibility index (Phi) is 3.87. The lowest BCUT2D eigenvalue weighted by Gasteiger charge is -2.31. The first kappa shape index (κ1) is 14.9. The smallest absolute Gasteiger partial charge is 0.273 e. The highest BCUT2D eigenvalue weighted by Gasteiger charge is 2.28. The summed E-state index contributed by atoms with van der Waals surface area (Å²) < 4.78 is 0. The number of phenolic OH excluding ortho intramolecular Hbond substituents is 1. The molecule has 2 N–H and O–H groups in total. The number of phenols is 1. The van der Waals surface area contributed by atoms with Gasteiger partial charge < -0.3 is 10.0 Å². The predicted molar refractivity (Wildman–Crippen MR) is 76.8 cm³/mol. The van der Waals surface area contributed by atoms with E-state index >= 15 is 0 Å². The van der Waals surface area contributed by atoms with Gasteiger partial charge in [-0.15, -0.1) is 10.2 Å². The number of rotatable bonds is 3. The lowest BCUT2D eigenvalue weighted by Crippen LogP contribution is -2.39. The fourth-order valence-electron chi connectivity index (χ4n) is 2.72. The van der Waals surface area contributed by atoms with Crippen LogP contribution < -0.4 is 0 Å². The second-order valence-electron chi connectivity index (χ2n) is 5.36. The molecule has 120 valence electrons. The number of H-pyrrole nitrogens is 1. The Balaban J connectivity index is 1.81. The minimum Gasteiger partial charge on any atom is -0.508 e. The maximum absolute atomic E-state index is 12.6. The zero-order valence-corrected chi connectivity index (χ0v) is 12.0. The van der Waals surface area contributed by atoms with Gasteiger partial charge in [0.2, 0.25) is 0 Å². The van der Waals surface area contributed by atoms with E-state index in [2.05, 4.69) is 20.6 Å². The first-order chi connectivity index (χ1) is 11.0. The molecular weight excluding hydrogens is 304 g/mol. The molecule has 3 rings (SSSR count). The molecule has 23 heavy (non-hydrogen) atoms. The van der Waals surface area contributed by atoms with Crippen molar-refractivity contribution in [1.82, 2.24) is 25.5 Å². The Morgan fingerprint density at radius 2 is 2.26 bits per heavy atom. The van der Waals surface area contributed by atoms with Crippen LogP contribution in [0.5, 0.6) is 5.75 Å². The van der Waals surface area contributed by atoms with Crippen LogP contribution in [-0.2, 0) is 0 Å². The Hall–Kier alpha value is -3.04. The number of piperidine rings is 1. The highest BCUT2D eigenvalue weighted by molar-refractivity contribution is 5.95. The van der Waals surface area contributed by atoms with Gasteiger partial charge in [-0.3, -0.25) is 14.9 Å². The Bertz CT molecular complexity index is 732. The van der Waals surface area contributed by atoms with Gasteiger partial charge in [-0.25, -0.2) is 0 Å². The minimum absolute atomic E-state index is 0.0289. The third kappa shape index (κ3) is 3.10. The number of likely N-dealkylation sites (tertiary alicyclic amines) is 1. The highest BCUT2D eigenvalue weighted by Crippen LogP contribution is 2.27. The quantitative estimate of drug-likeness (QED) is 0.631. The van der Waals surface area contributed by atoms with E-state index in [1.54, 1.807) is 4.90 Å². The average molecular weight is 318 g/mol. The molecule has 1 aliphatic rings. The van der Waals surface area contributed by atoms with E-state index < -0.39 is 4.92 Å². The lowest BCUT2D eigenvalue weighted by molar-refractivity contribution is -0.385. The van der Waals surface area contributed by atoms with Gasteiger partial charge in [-0.2, -0.15) is 5.21 Å². The van der Waals surface area contributed by atoms with Gasteiger partial charge in [0.1, 0.15) is 5.75 Å². The van der Waals surface area contributed by atoms with E-state index in [1.165, 1.54) is 12.1 Å². The molecule has 1 aromatic carbocycles. The SMILES string of the molecule is O=C(c1cc(O)cc([N+](=O)[O-])c1)N1CCCC(c2nn[nH]n2)C1. The number of carbonyl (C=O) groups is 1. The Morgan fingerprint density at radius 1 is 1.43 bits per heavy atom. The number of hydrogen-bond donors (Lipinski definition) is 2. The van der Waals surface area contributed by atoms with Crippen molar-refractivity contribution < 1.29 is 14.8 Å². The van der Waals surface area contributed by atoms with Crippen molar-refractivity contribution in [3.63, 3.8) is 0 Å². The summed E-state index contributed by atoms with van der Waals surface area (Å²) in [7, 11) is 0. The molecule has 1 fully saturated rings. The van der Waals surface area contributed by atoms with Crippen LogP contribution in [0.1, 0.15) is 34.9 Å². The number of aromatic nitrogens is 4. The number of benzene rings is 1. The number of non-ortho nitro benzene ring substituents is 1. The number of hydrogen-bond acceptors (Lipinski definition) is 7. The summed E-state index contributed by atoms with van der Waals surface area (Å²) in [5.41, 5.74) is -0.231. The van der Waals surface area contributed by atoms with Crippen molar-refractivity contribution in [1.29, 1.82) is 0 Å². The molecule has 10 heteroatoms. The molecule has 1 aromatic heterocycles. The van der Waals surface area contributed by atoms with Crippen LogP contribution in [0.3, 0.4) is 0 Å². The number of nitro benzene ring substituents is 1. The van der Waals surface area contributed by atoms with Crippen molar-refractivity contribution in [3.8, 4) is 5.75 Å². The second-order valence-corrected chi connectivity index (χ2v) is 5.36. The van der Waals surface area contributed by atoms with Crippen LogP contribution in [0.2, 0.25) is 0 Å². The molecule has 0 radical (unpaired) electrons. The van der Waals surface area contributed by atoms with Crippen molar-refractivity contribution >= 4 is 11.6 Å². The third-order valence-electron chi connectivity index (χ3n) is 3.80. The molecular formula is C13H14N6O4.